The van der Waals surface area contributed by atoms with Crippen LogP contribution in [0.2, 0.25) is 0 Å². The molecule has 2 amide bonds. The van der Waals surface area contributed by atoms with E-state index in [-0.39, 0.29) is 17.9 Å². The molecule has 0 bridgehead atoms. The van der Waals surface area contributed by atoms with Gasteiger partial charge in [0.1, 0.15) is 11.4 Å². The molecule has 1 aromatic heterocycles. The zero-order valence-electron chi connectivity index (χ0n) is 12.9. The molecule has 0 aliphatic carbocycles. The first-order valence-electron chi connectivity index (χ1n) is 6.91. The number of nitrogen functional groups attached to an aromatic ring is 1. The number of carbonyl (C=O) groups excluding carboxylic acids is 2. The molecule has 1 heterocycles. The predicted molar refractivity (Wildman–Crippen MR) is 82.0 cm³/mol. The lowest BCUT2D eigenvalue weighted by molar-refractivity contribution is 0.0990. The Hall–Kier alpha value is -2.58. The summed E-state index contributed by atoms with van der Waals surface area (Å²) in [4.78, 5) is 47.2. The van der Waals surface area contributed by atoms with Gasteiger partial charge in [-0.3, -0.25) is 18.7 Å². The van der Waals surface area contributed by atoms with Gasteiger partial charge in [0.15, 0.2) is 5.78 Å². The molecule has 1 rings (SSSR count). The maximum absolute atomic E-state index is 12.1. The summed E-state index contributed by atoms with van der Waals surface area (Å²) < 4.78 is 1.81. The van der Waals surface area contributed by atoms with E-state index in [1.165, 1.54) is 14.1 Å². The van der Waals surface area contributed by atoms with Gasteiger partial charge >= 0.3 is 11.7 Å². The lowest BCUT2D eigenvalue weighted by Crippen LogP contribution is -2.44. The molecule has 4 N–H and O–H groups in total. The van der Waals surface area contributed by atoms with Crippen LogP contribution in [0.15, 0.2) is 9.59 Å². The number of nitrogens with two attached hydrogens (primary N) is 1. The normalized spacial score (nSPS) is 10.3. The van der Waals surface area contributed by atoms with Crippen molar-refractivity contribution in [2.24, 2.45) is 14.1 Å². The van der Waals surface area contributed by atoms with Gasteiger partial charge in [-0.15, -0.1) is 0 Å². The summed E-state index contributed by atoms with van der Waals surface area (Å²) in [7, 11) is 2.62. The van der Waals surface area contributed by atoms with E-state index >= 15 is 0 Å². The number of carbonyl (C=O) groups is 2. The van der Waals surface area contributed by atoms with E-state index in [0.29, 0.717) is 6.54 Å². The van der Waals surface area contributed by atoms with Gasteiger partial charge in [-0.2, -0.15) is 0 Å². The summed E-state index contributed by atoms with van der Waals surface area (Å²) in [5, 5.41) is 4.94. The van der Waals surface area contributed by atoms with Crippen LogP contribution in [-0.2, 0) is 14.1 Å². The Balaban J connectivity index is 2.86. The van der Waals surface area contributed by atoms with Crippen molar-refractivity contribution in [3.63, 3.8) is 0 Å². The highest BCUT2D eigenvalue weighted by atomic mass is 16.2. The van der Waals surface area contributed by atoms with Gasteiger partial charge in [-0.1, -0.05) is 13.3 Å². The number of nitrogens with zero attached hydrogens (tertiary/aromatic N) is 2. The molecule has 122 valence electrons. The Morgan fingerprint density at radius 1 is 1.14 bits per heavy atom. The van der Waals surface area contributed by atoms with Crippen molar-refractivity contribution in [3.05, 3.63) is 26.4 Å². The minimum atomic E-state index is -0.779. The van der Waals surface area contributed by atoms with Crippen LogP contribution in [0.25, 0.3) is 0 Å². The van der Waals surface area contributed by atoms with Gasteiger partial charge in [0.05, 0.1) is 6.54 Å². The minimum Gasteiger partial charge on any atom is -0.384 e. The van der Waals surface area contributed by atoms with Crippen molar-refractivity contribution in [2.75, 3.05) is 18.8 Å². The molecule has 1 aromatic rings. The molecule has 0 aromatic carbocycles. The van der Waals surface area contributed by atoms with Crippen LogP contribution in [-0.4, -0.2) is 34.0 Å². The van der Waals surface area contributed by atoms with Gasteiger partial charge in [0.25, 0.3) is 5.56 Å². The molecule has 9 heteroatoms. The highest BCUT2D eigenvalue weighted by molar-refractivity contribution is 6.02. The number of urea groups is 1. The number of unbranched alkanes of at least 4 members (excludes halogenated alkanes) is 1. The average molecular weight is 311 g/mol. The quantitative estimate of drug-likeness (QED) is 0.456. The maximum Gasteiger partial charge on any atom is 0.332 e. The summed E-state index contributed by atoms with van der Waals surface area (Å²) in [5.41, 5.74) is 3.95. The zero-order chi connectivity index (χ0) is 16.9. The van der Waals surface area contributed by atoms with Crippen LogP contribution in [0.4, 0.5) is 10.6 Å². The highest BCUT2D eigenvalue weighted by Gasteiger charge is 2.20. The number of anilines is 1. The van der Waals surface area contributed by atoms with Gasteiger partial charge in [0.2, 0.25) is 0 Å². The highest BCUT2D eigenvalue weighted by Crippen LogP contribution is 2.03. The van der Waals surface area contributed by atoms with Crippen LogP contribution < -0.4 is 27.6 Å². The second kappa shape index (κ2) is 7.43. The fourth-order valence-electron chi connectivity index (χ4n) is 1.81. The SMILES string of the molecule is CCCCNC(=O)NCC(=O)c1c(N)n(C)c(=O)n(C)c1=O. The molecule has 0 aliphatic heterocycles. The van der Waals surface area contributed by atoms with Crippen LogP contribution in [0.5, 0.6) is 0 Å². The Morgan fingerprint density at radius 2 is 1.77 bits per heavy atom. The van der Waals surface area contributed by atoms with Crippen LogP contribution >= 0.6 is 0 Å². The van der Waals surface area contributed by atoms with Crippen molar-refractivity contribution in [1.29, 1.82) is 0 Å². The van der Waals surface area contributed by atoms with E-state index in [9.17, 15) is 19.2 Å². The van der Waals surface area contributed by atoms with Gasteiger partial charge in [-0.25, -0.2) is 9.59 Å². The third kappa shape index (κ3) is 3.74. The number of aromatic nitrogens is 2. The Labute approximate surface area is 127 Å². The number of Topliss-reactive ketones (excluding diaryl/α,β-unsaturated/α-hetero) is 1. The van der Waals surface area contributed by atoms with Crippen molar-refractivity contribution < 1.29 is 9.59 Å². The van der Waals surface area contributed by atoms with E-state index in [2.05, 4.69) is 10.6 Å². The summed E-state index contributed by atoms with van der Waals surface area (Å²) in [6.07, 6.45) is 1.76. The second-order valence-corrected chi connectivity index (χ2v) is 4.85. The molecular weight excluding hydrogens is 290 g/mol. The molecule has 0 atom stereocenters. The second-order valence-electron chi connectivity index (χ2n) is 4.85. The minimum absolute atomic E-state index is 0.216. The standard InChI is InChI=1S/C13H21N5O4/c1-4-5-6-15-12(21)16-7-8(19)9-10(14)17(2)13(22)18(3)11(9)20/h4-7,14H2,1-3H3,(H2,15,16,21). The first-order valence-corrected chi connectivity index (χ1v) is 6.91. The van der Waals surface area contributed by atoms with E-state index in [4.69, 9.17) is 5.73 Å². The summed E-state index contributed by atoms with van der Waals surface area (Å²) in [6.45, 7) is 2.11. The average Bonchev–Trinajstić information content (AvgIpc) is 2.49. The Kier molecular flexibility index (Phi) is 5.90. The van der Waals surface area contributed by atoms with Crippen molar-refractivity contribution in [2.45, 2.75) is 19.8 Å². The van der Waals surface area contributed by atoms with Crippen molar-refractivity contribution >= 4 is 17.6 Å². The van der Waals surface area contributed by atoms with Gasteiger partial charge in [-0.05, 0) is 6.42 Å². The number of hydrogen-bond donors (Lipinski definition) is 3. The van der Waals surface area contributed by atoms with Crippen molar-refractivity contribution in [1.82, 2.24) is 19.8 Å². The lowest BCUT2D eigenvalue weighted by atomic mass is 10.2. The maximum atomic E-state index is 12.1. The third-order valence-corrected chi connectivity index (χ3v) is 3.21. The molecular formula is C13H21N5O4. The molecule has 9 nitrogen and oxygen atoms in total. The summed E-state index contributed by atoms with van der Waals surface area (Å²) in [6, 6.07) is -0.498. The number of amides is 2. The van der Waals surface area contributed by atoms with Gasteiger partial charge in [0, 0.05) is 20.6 Å². The Bertz CT molecular complexity index is 689. The molecule has 0 radical (unpaired) electrons. The van der Waals surface area contributed by atoms with Crippen LogP contribution in [0, 0.1) is 0 Å². The van der Waals surface area contributed by atoms with E-state index in [1.807, 2.05) is 6.92 Å². The van der Waals surface area contributed by atoms with Crippen molar-refractivity contribution in [3.8, 4) is 0 Å². The van der Waals surface area contributed by atoms with E-state index < -0.39 is 23.1 Å². The predicted octanol–water partition coefficient (Wildman–Crippen LogP) is -1.05. The zero-order valence-corrected chi connectivity index (χ0v) is 12.9. The molecule has 0 unspecified atom stereocenters. The first kappa shape index (κ1) is 17.5. The molecule has 0 saturated carbocycles. The number of ketones is 1. The van der Waals surface area contributed by atoms with Crippen LogP contribution in [0.3, 0.4) is 0 Å². The molecule has 0 aliphatic rings. The van der Waals surface area contributed by atoms with Crippen LogP contribution in [0.1, 0.15) is 30.1 Å². The Morgan fingerprint density at radius 3 is 2.36 bits per heavy atom. The monoisotopic (exact) mass is 311 g/mol. The molecule has 22 heavy (non-hydrogen) atoms. The molecule has 0 spiro atoms. The summed E-state index contributed by atoms with van der Waals surface area (Å²) >= 11 is 0. The molecule has 0 saturated heterocycles. The fraction of sp³-hybridized carbons (Fsp3) is 0.538. The largest absolute Gasteiger partial charge is 0.384 e. The molecule has 0 fully saturated rings. The van der Waals surface area contributed by atoms with E-state index in [1.54, 1.807) is 0 Å². The summed E-state index contributed by atoms with van der Waals surface area (Å²) in [5.74, 6) is -0.870. The first-order chi connectivity index (χ1) is 10.3. The van der Waals surface area contributed by atoms with E-state index in [0.717, 1.165) is 22.0 Å². The number of nitrogens with one attached hydrogen (secondary N) is 2. The fourth-order valence-corrected chi connectivity index (χ4v) is 1.81. The lowest BCUT2D eigenvalue weighted by Gasteiger charge is -2.11. The third-order valence-electron chi connectivity index (χ3n) is 3.21. The number of rotatable bonds is 6. The topological polar surface area (TPSA) is 128 Å². The smallest absolute Gasteiger partial charge is 0.332 e. The number of hydrogen-bond acceptors (Lipinski definition) is 5. The van der Waals surface area contributed by atoms with Gasteiger partial charge < -0.3 is 16.4 Å².